The van der Waals surface area contributed by atoms with Crippen LogP contribution in [0.2, 0.25) is 0 Å². The number of nitrogens with zero attached hydrogens (tertiary/aromatic N) is 2. The number of aromatic nitrogens is 2. The van der Waals surface area contributed by atoms with E-state index in [4.69, 9.17) is 9.47 Å². The van der Waals surface area contributed by atoms with Crippen molar-refractivity contribution in [3.8, 4) is 17.7 Å². The standard InChI is InChI=1S/C13H15N3O3/c1-2-18-13(17)4-3-10-7-15-9-12(16-10)19-11-5-6-14-8-11/h7,9,11,14H,2,5-6,8H2,1H3. The molecule has 0 aromatic carbocycles. The molecule has 0 aliphatic carbocycles. The van der Waals surface area contributed by atoms with Gasteiger partial charge in [-0.2, -0.15) is 0 Å². The van der Waals surface area contributed by atoms with Crippen molar-refractivity contribution in [1.29, 1.82) is 0 Å². The molecule has 100 valence electrons. The smallest absolute Gasteiger partial charge is 0.384 e. The van der Waals surface area contributed by atoms with Crippen LogP contribution in [0.4, 0.5) is 0 Å². The average molecular weight is 261 g/mol. The molecule has 1 N–H and O–H groups in total. The van der Waals surface area contributed by atoms with Crippen LogP contribution in [0.3, 0.4) is 0 Å². The minimum Gasteiger partial charge on any atom is -0.472 e. The zero-order valence-electron chi connectivity index (χ0n) is 10.7. The predicted octanol–water partition coefficient (Wildman–Crippen LogP) is 0.132. The van der Waals surface area contributed by atoms with E-state index in [2.05, 4.69) is 27.1 Å². The van der Waals surface area contributed by atoms with Crippen LogP contribution in [0.25, 0.3) is 0 Å². The second kappa shape index (κ2) is 6.71. The van der Waals surface area contributed by atoms with Crippen LogP contribution in [-0.4, -0.2) is 41.7 Å². The predicted molar refractivity (Wildman–Crippen MR) is 67.4 cm³/mol. The Kier molecular flexibility index (Phi) is 4.70. The van der Waals surface area contributed by atoms with Gasteiger partial charge in [0.2, 0.25) is 5.88 Å². The van der Waals surface area contributed by atoms with Gasteiger partial charge in [0, 0.05) is 12.5 Å². The molecule has 1 aliphatic heterocycles. The topological polar surface area (TPSA) is 73.3 Å². The van der Waals surface area contributed by atoms with Crippen LogP contribution in [0.15, 0.2) is 12.4 Å². The van der Waals surface area contributed by atoms with Crippen molar-refractivity contribution < 1.29 is 14.3 Å². The van der Waals surface area contributed by atoms with E-state index in [-0.39, 0.29) is 6.10 Å². The summed E-state index contributed by atoms with van der Waals surface area (Å²) >= 11 is 0. The van der Waals surface area contributed by atoms with Gasteiger partial charge in [-0.15, -0.1) is 0 Å². The summed E-state index contributed by atoms with van der Waals surface area (Å²) in [6.45, 7) is 3.78. The number of ether oxygens (including phenoxy) is 2. The molecule has 0 saturated carbocycles. The molecule has 1 aromatic rings. The Morgan fingerprint density at radius 2 is 2.47 bits per heavy atom. The van der Waals surface area contributed by atoms with Crippen molar-refractivity contribution >= 4 is 5.97 Å². The van der Waals surface area contributed by atoms with Gasteiger partial charge in [-0.1, -0.05) is 0 Å². The summed E-state index contributed by atoms with van der Waals surface area (Å²) in [5.41, 5.74) is 0.386. The molecule has 2 heterocycles. The monoisotopic (exact) mass is 261 g/mol. The Bertz CT molecular complexity index is 501. The maximum absolute atomic E-state index is 11.1. The van der Waals surface area contributed by atoms with Crippen LogP contribution in [-0.2, 0) is 9.53 Å². The van der Waals surface area contributed by atoms with E-state index in [0.29, 0.717) is 18.2 Å². The van der Waals surface area contributed by atoms with Crippen LogP contribution < -0.4 is 10.1 Å². The third-order valence-electron chi connectivity index (χ3n) is 2.48. The molecule has 0 spiro atoms. The number of nitrogens with one attached hydrogen (secondary N) is 1. The first-order valence-corrected chi connectivity index (χ1v) is 6.16. The van der Waals surface area contributed by atoms with Crippen molar-refractivity contribution in [2.75, 3.05) is 19.7 Å². The molecule has 1 saturated heterocycles. The van der Waals surface area contributed by atoms with Gasteiger partial charge in [0.05, 0.1) is 19.0 Å². The molecule has 0 radical (unpaired) electrons. The summed E-state index contributed by atoms with van der Waals surface area (Å²) in [6, 6.07) is 0. The molecule has 19 heavy (non-hydrogen) atoms. The number of hydrogen-bond acceptors (Lipinski definition) is 6. The molecule has 1 fully saturated rings. The minimum absolute atomic E-state index is 0.113. The van der Waals surface area contributed by atoms with Gasteiger partial charge in [0.15, 0.2) is 0 Å². The number of rotatable bonds is 3. The van der Waals surface area contributed by atoms with Crippen molar-refractivity contribution in [3.63, 3.8) is 0 Å². The van der Waals surface area contributed by atoms with E-state index in [1.165, 1.54) is 12.4 Å². The summed E-state index contributed by atoms with van der Waals surface area (Å²) in [5, 5.41) is 3.20. The fourth-order valence-electron chi connectivity index (χ4n) is 1.65. The van der Waals surface area contributed by atoms with Crippen LogP contribution in [0.1, 0.15) is 19.0 Å². The Labute approximate surface area is 111 Å². The van der Waals surface area contributed by atoms with Crippen molar-refractivity contribution in [3.05, 3.63) is 18.1 Å². The summed E-state index contributed by atoms with van der Waals surface area (Å²) in [4.78, 5) is 19.3. The first-order chi connectivity index (χ1) is 9.28. The maximum Gasteiger partial charge on any atom is 0.384 e. The van der Waals surface area contributed by atoms with Gasteiger partial charge >= 0.3 is 5.97 Å². The zero-order chi connectivity index (χ0) is 13.5. The van der Waals surface area contributed by atoms with Crippen molar-refractivity contribution in [2.45, 2.75) is 19.4 Å². The highest BCUT2D eigenvalue weighted by Gasteiger charge is 2.16. The maximum atomic E-state index is 11.1. The largest absolute Gasteiger partial charge is 0.472 e. The third-order valence-corrected chi connectivity index (χ3v) is 2.48. The van der Waals surface area contributed by atoms with Crippen LogP contribution in [0.5, 0.6) is 5.88 Å². The Hall–Kier alpha value is -2.13. The van der Waals surface area contributed by atoms with E-state index in [9.17, 15) is 4.79 Å². The lowest BCUT2D eigenvalue weighted by Gasteiger charge is -2.10. The second-order valence-corrected chi connectivity index (χ2v) is 3.95. The third kappa shape index (κ3) is 4.23. The van der Waals surface area contributed by atoms with Crippen LogP contribution in [0, 0.1) is 11.8 Å². The highest BCUT2D eigenvalue weighted by Crippen LogP contribution is 2.10. The lowest BCUT2D eigenvalue weighted by molar-refractivity contribution is -0.136. The first-order valence-electron chi connectivity index (χ1n) is 6.16. The molecule has 1 aromatic heterocycles. The lowest BCUT2D eigenvalue weighted by Crippen LogP contribution is -2.20. The Morgan fingerprint density at radius 3 is 3.21 bits per heavy atom. The normalized spacial score (nSPS) is 17.4. The molecule has 2 rings (SSSR count). The highest BCUT2D eigenvalue weighted by atomic mass is 16.5. The van der Waals surface area contributed by atoms with Gasteiger partial charge in [-0.3, -0.25) is 4.98 Å². The number of hydrogen-bond donors (Lipinski definition) is 1. The van der Waals surface area contributed by atoms with E-state index in [0.717, 1.165) is 19.5 Å². The summed E-state index contributed by atoms with van der Waals surface area (Å²) < 4.78 is 10.4. The van der Waals surface area contributed by atoms with Crippen molar-refractivity contribution in [2.24, 2.45) is 0 Å². The van der Waals surface area contributed by atoms with Gasteiger partial charge < -0.3 is 14.8 Å². The number of carbonyl (C=O) groups is 1. The molecule has 1 unspecified atom stereocenters. The van der Waals surface area contributed by atoms with Gasteiger partial charge in [-0.05, 0) is 25.8 Å². The molecule has 1 atom stereocenters. The molecule has 1 aliphatic rings. The molecular formula is C13H15N3O3. The van der Waals surface area contributed by atoms with E-state index < -0.39 is 5.97 Å². The van der Waals surface area contributed by atoms with E-state index >= 15 is 0 Å². The molecule has 6 nitrogen and oxygen atoms in total. The quantitative estimate of drug-likeness (QED) is 0.616. The summed E-state index contributed by atoms with van der Waals surface area (Å²) in [6.07, 6.45) is 4.07. The van der Waals surface area contributed by atoms with Crippen molar-refractivity contribution in [1.82, 2.24) is 15.3 Å². The molecule has 6 heteroatoms. The van der Waals surface area contributed by atoms with Crippen LogP contribution >= 0.6 is 0 Å². The van der Waals surface area contributed by atoms with Gasteiger partial charge in [0.25, 0.3) is 0 Å². The molecular weight excluding hydrogens is 246 g/mol. The zero-order valence-corrected chi connectivity index (χ0v) is 10.7. The SMILES string of the molecule is CCOC(=O)C#Cc1cncc(OC2CCNC2)n1. The summed E-state index contributed by atoms with van der Waals surface area (Å²) in [5.74, 6) is 4.79. The lowest BCUT2D eigenvalue weighted by atomic mass is 10.3. The van der Waals surface area contributed by atoms with Gasteiger partial charge in [-0.25, -0.2) is 9.78 Å². The highest BCUT2D eigenvalue weighted by molar-refractivity contribution is 5.88. The average Bonchev–Trinajstić information content (AvgIpc) is 2.90. The number of carbonyl (C=O) groups excluding carboxylic acids is 1. The minimum atomic E-state index is -0.574. The van der Waals surface area contributed by atoms with Gasteiger partial charge in [0.1, 0.15) is 11.8 Å². The fraction of sp³-hybridized carbons (Fsp3) is 0.462. The molecule has 0 bridgehead atoms. The van der Waals surface area contributed by atoms with E-state index in [1.807, 2.05) is 0 Å². The first kappa shape index (κ1) is 13.3. The Balaban J connectivity index is 2.00. The fourth-order valence-corrected chi connectivity index (χ4v) is 1.65. The molecule has 0 amide bonds. The number of esters is 1. The second-order valence-electron chi connectivity index (χ2n) is 3.95. The van der Waals surface area contributed by atoms with E-state index in [1.54, 1.807) is 6.92 Å². The summed E-state index contributed by atoms with van der Waals surface area (Å²) in [7, 11) is 0. The Morgan fingerprint density at radius 1 is 1.58 bits per heavy atom.